The number of carbonyl (C=O) groups is 1. The average molecular weight is 362 g/mol. The lowest BCUT2D eigenvalue weighted by Gasteiger charge is -2.34. The van der Waals surface area contributed by atoms with Crippen molar-refractivity contribution in [2.24, 2.45) is 0 Å². The van der Waals surface area contributed by atoms with Crippen LogP contribution in [0.5, 0.6) is 5.75 Å². The fourth-order valence-corrected chi connectivity index (χ4v) is 3.51. The molecule has 1 aromatic heterocycles. The average Bonchev–Trinajstić information content (AvgIpc) is 3.10. The molecule has 0 N–H and O–H groups in total. The second kappa shape index (κ2) is 8.26. The van der Waals surface area contributed by atoms with Crippen molar-refractivity contribution in [1.82, 2.24) is 14.3 Å². The van der Waals surface area contributed by atoms with Crippen molar-refractivity contribution < 1.29 is 14.3 Å². The van der Waals surface area contributed by atoms with Crippen LogP contribution in [0.2, 0.25) is 0 Å². The van der Waals surface area contributed by atoms with Crippen LogP contribution in [0.15, 0.2) is 24.3 Å². The maximum Gasteiger partial charge on any atom is 0.248 e. The van der Waals surface area contributed by atoms with Crippen LogP contribution in [-0.2, 0) is 16.0 Å². The van der Waals surface area contributed by atoms with Gasteiger partial charge in [-0.25, -0.2) is 4.98 Å². The monoisotopic (exact) mass is 362 g/mol. The van der Waals surface area contributed by atoms with Gasteiger partial charge in [0.15, 0.2) is 0 Å². The summed E-state index contributed by atoms with van der Waals surface area (Å²) < 4.78 is 14.6. The van der Waals surface area contributed by atoms with Crippen LogP contribution < -0.4 is 9.64 Å². The highest BCUT2D eigenvalue weighted by Gasteiger charge is 2.23. The maximum atomic E-state index is 11.8. The molecule has 0 saturated carbocycles. The van der Waals surface area contributed by atoms with Gasteiger partial charge in [-0.15, -0.1) is 0 Å². The molecule has 1 saturated heterocycles. The normalized spacial score (nSPS) is 14.6. The zero-order valence-corrected chi connectivity index (χ0v) is 15.3. The lowest BCUT2D eigenvalue weighted by Crippen LogP contribution is -2.49. The Balaban J connectivity index is 1.58. The standard InChI is InChI=1S/C17H22N4O3S/c1-23-12-16(22)20-6-8-21(9-7-20)17-18-15(19-25-17)11-13-4-3-5-14(10-13)24-2/h3-5,10H,6-9,11-12H2,1-2H3. The Kier molecular flexibility index (Phi) is 5.83. The van der Waals surface area contributed by atoms with Crippen LogP contribution in [0.4, 0.5) is 5.13 Å². The van der Waals surface area contributed by atoms with E-state index in [4.69, 9.17) is 9.47 Å². The molecule has 1 aliphatic heterocycles. The van der Waals surface area contributed by atoms with Gasteiger partial charge in [-0.1, -0.05) is 12.1 Å². The van der Waals surface area contributed by atoms with E-state index in [0.29, 0.717) is 19.5 Å². The van der Waals surface area contributed by atoms with Gasteiger partial charge in [0.2, 0.25) is 11.0 Å². The van der Waals surface area contributed by atoms with Gasteiger partial charge >= 0.3 is 0 Å². The minimum absolute atomic E-state index is 0.0399. The fraction of sp³-hybridized carbons (Fsp3) is 0.471. The van der Waals surface area contributed by atoms with Gasteiger partial charge in [0.1, 0.15) is 18.2 Å². The smallest absolute Gasteiger partial charge is 0.248 e. The molecule has 0 aliphatic carbocycles. The van der Waals surface area contributed by atoms with Gasteiger partial charge < -0.3 is 19.3 Å². The predicted molar refractivity (Wildman–Crippen MR) is 96.4 cm³/mol. The van der Waals surface area contributed by atoms with Crippen molar-refractivity contribution in [1.29, 1.82) is 0 Å². The van der Waals surface area contributed by atoms with E-state index >= 15 is 0 Å². The lowest BCUT2D eigenvalue weighted by atomic mass is 10.1. The van der Waals surface area contributed by atoms with E-state index < -0.39 is 0 Å². The van der Waals surface area contributed by atoms with Gasteiger partial charge in [-0.05, 0) is 17.7 Å². The number of methoxy groups -OCH3 is 2. The van der Waals surface area contributed by atoms with E-state index in [9.17, 15) is 4.79 Å². The van der Waals surface area contributed by atoms with Gasteiger partial charge in [-0.3, -0.25) is 4.79 Å². The summed E-state index contributed by atoms with van der Waals surface area (Å²) in [5, 5.41) is 0.914. The van der Waals surface area contributed by atoms with Gasteiger partial charge in [0, 0.05) is 51.2 Å². The quantitative estimate of drug-likeness (QED) is 0.774. The molecular formula is C17H22N4O3S. The first kappa shape index (κ1) is 17.6. The van der Waals surface area contributed by atoms with E-state index in [1.165, 1.54) is 11.5 Å². The minimum Gasteiger partial charge on any atom is -0.497 e. The fourth-order valence-electron chi connectivity index (χ4n) is 2.77. The molecule has 1 aliphatic rings. The van der Waals surface area contributed by atoms with E-state index in [1.807, 2.05) is 29.2 Å². The van der Waals surface area contributed by atoms with Crippen LogP contribution in [-0.4, -0.2) is 67.2 Å². The summed E-state index contributed by atoms with van der Waals surface area (Å²) >= 11 is 1.41. The molecule has 0 bridgehead atoms. The van der Waals surface area contributed by atoms with Crippen molar-refractivity contribution in [3.05, 3.63) is 35.7 Å². The minimum atomic E-state index is 0.0399. The molecular weight excluding hydrogens is 340 g/mol. The topological polar surface area (TPSA) is 67.8 Å². The number of nitrogens with zero attached hydrogens (tertiary/aromatic N) is 4. The Hall–Kier alpha value is -2.19. The van der Waals surface area contributed by atoms with Crippen LogP contribution in [0, 0.1) is 0 Å². The molecule has 25 heavy (non-hydrogen) atoms. The third kappa shape index (κ3) is 4.46. The molecule has 1 fully saturated rings. The van der Waals surface area contributed by atoms with Crippen LogP contribution in [0.25, 0.3) is 0 Å². The van der Waals surface area contributed by atoms with Gasteiger partial charge in [0.25, 0.3) is 0 Å². The van der Waals surface area contributed by atoms with Crippen molar-refractivity contribution >= 4 is 22.6 Å². The highest BCUT2D eigenvalue weighted by atomic mass is 32.1. The zero-order valence-electron chi connectivity index (χ0n) is 14.5. The number of anilines is 1. The summed E-state index contributed by atoms with van der Waals surface area (Å²) in [6.07, 6.45) is 0.681. The van der Waals surface area contributed by atoms with Crippen LogP contribution in [0.3, 0.4) is 0 Å². The molecule has 2 heterocycles. The number of hydrogen-bond acceptors (Lipinski definition) is 7. The molecule has 134 valence electrons. The van der Waals surface area contributed by atoms with E-state index in [-0.39, 0.29) is 12.5 Å². The first-order chi connectivity index (χ1) is 12.2. The molecule has 7 nitrogen and oxygen atoms in total. The molecule has 2 aromatic rings. The SMILES string of the molecule is COCC(=O)N1CCN(c2nc(Cc3cccc(OC)c3)ns2)CC1. The first-order valence-electron chi connectivity index (χ1n) is 8.17. The molecule has 1 aromatic carbocycles. The highest BCUT2D eigenvalue weighted by molar-refractivity contribution is 7.09. The summed E-state index contributed by atoms with van der Waals surface area (Å²) in [7, 11) is 3.20. The Bertz CT molecular complexity index is 713. The van der Waals surface area contributed by atoms with Gasteiger partial charge in [0.05, 0.1) is 7.11 Å². The first-order valence-corrected chi connectivity index (χ1v) is 8.94. The predicted octanol–water partition coefficient (Wildman–Crippen LogP) is 1.43. The number of piperazine rings is 1. The third-order valence-corrected chi connectivity index (χ3v) is 4.94. The number of amides is 1. The second-order valence-electron chi connectivity index (χ2n) is 5.82. The Morgan fingerprint density at radius 3 is 2.76 bits per heavy atom. The maximum absolute atomic E-state index is 11.8. The largest absolute Gasteiger partial charge is 0.497 e. The molecule has 1 amide bonds. The number of rotatable bonds is 6. The molecule has 0 radical (unpaired) electrons. The summed E-state index contributed by atoms with van der Waals surface area (Å²) in [5.41, 5.74) is 1.12. The van der Waals surface area contributed by atoms with Crippen molar-refractivity contribution in [3.8, 4) is 5.75 Å². The number of benzene rings is 1. The molecule has 3 rings (SSSR count). The lowest BCUT2D eigenvalue weighted by molar-refractivity contribution is -0.135. The van der Waals surface area contributed by atoms with Gasteiger partial charge in [-0.2, -0.15) is 4.37 Å². The number of ether oxygens (including phenoxy) is 2. The summed E-state index contributed by atoms with van der Waals surface area (Å²) in [6, 6.07) is 7.94. The van der Waals surface area contributed by atoms with Crippen molar-refractivity contribution in [2.75, 3.05) is 51.9 Å². The number of hydrogen-bond donors (Lipinski definition) is 0. The van der Waals surface area contributed by atoms with Crippen molar-refractivity contribution in [3.63, 3.8) is 0 Å². The molecule has 0 spiro atoms. The molecule has 0 atom stereocenters. The number of carbonyl (C=O) groups excluding carboxylic acids is 1. The third-order valence-electron chi connectivity index (χ3n) is 4.12. The Morgan fingerprint density at radius 1 is 1.24 bits per heavy atom. The van der Waals surface area contributed by atoms with Crippen LogP contribution in [0.1, 0.15) is 11.4 Å². The Labute approximate surface area is 151 Å². The van der Waals surface area contributed by atoms with Crippen molar-refractivity contribution in [2.45, 2.75) is 6.42 Å². The highest BCUT2D eigenvalue weighted by Crippen LogP contribution is 2.21. The van der Waals surface area contributed by atoms with E-state index in [1.54, 1.807) is 14.2 Å². The second-order valence-corrected chi connectivity index (χ2v) is 6.55. The zero-order chi connectivity index (χ0) is 17.6. The summed E-state index contributed by atoms with van der Waals surface area (Å²) in [5.74, 6) is 1.69. The molecule has 0 unspecified atom stereocenters. The van der Waals surface area contributed by atoms with Crippen LogP contribution >= 0.6 is 11.5 Å². The number of aromatic nitrogens is 2. The molecule has 8 heteroatoms. The summed E-state index contributed by atoms with van der Waals surface area (Å²) in [6.45, 7) is 3.05. The van der Waals surface area contributed by atoms with E-state index in [2.05, 4.69) is 14.3 Å². The van der Waals surface area contributed by atoms with E-state index in [0.717, 1.165) is 35.4 Å². The Morgan fingerprint density at radius 2 is 2.04 bits per heavy atom. The summed E-state index contributed by atoms with van der Waals surface area (Å²) in [4.78, 5) is 20.5.